The van der Waals surface area contributed by atoms with Gasteiger partial charge in [-0.15, -0.1) is 0 Å². The number of methoxy groups -OCH3 is 2. The largest absolute Gasteiger partial charge is 0.504 e. The van der Waals surface area contributed by atoms with E-state index in [-0.39, 0.29) is 5.75 Å². The van der Waals surface area contributed by atoms with Gasteiger partial charge in [-0.05, 0) is 51.8 Å². The smallest absolute Gasteiger partial charge is 0.160 e. The van der Waals surface area contributed by atoms with Crippen LogP contribution in [0.1, 0.15) is 5.56 Å². The Morgan fingerprint density at radius 2 is 1.80 bits per heavy atom. The highest BCUT2D eigenvalue weighted by Gasteiger charge is 2.04. The van der Waals surface area contributed by atoms with Crippen molar-refractivity contribution in [1.82, 2.24) is 0 Å². The molecule has 0 unspecified atom stereocenters. The van der Waals surface area contributed by atoms with E-state index in [9.17, 15) is 5.11 Å². The molecule has 0 radical (unpaired) electrons. The van der Waals surface area contributed by atoms with Gasteiger partial charge < -0.3 is 19.9 Å². The second kappa shape index (κ2) is 6.52. The van der Waals surface area contributed by atoms with Crippen LogP contribution in [0.2, 0.25) is 0 Å². The molecule has 5 heteroatoms. The van der Waals surface area contributed by atoms with Crippen LogP contribution in [-0.2, 0) is 6.54 Å². The van der Waals surface area contributed by atoms with Gasteiger partial charge in [0, 0.05) is 12.2 Å². The van der Waals surface area contributed by atoms with Crippen LogP contribution in [0.15, 0.2) is 40.9 Å². The SMILES string of the molecule is COc1cc(CNc2ccc(OC)c(Br)c2)ccc1O. The van der Waals surface area contributed by atoms with E-state index in [0.717, 1.165) is 21.5 Å². The first-order chi connectivity index (χ1) is 9.63. The number of anilines is 1. The second-order valence-corrected chi connectivity index (χ2v) is 5.06. The Balaban J connectivity index is 2.07. The number of ether oxygens (including phenoxy) is 2. The minimum atomic E-state index is 0.142. The summed E-state index contributed by atoms with van der Waals surface area (Å²) in [6, 6.07) is 11.1. The molecule has 0 fully saturated rings. The van der Waals surface area contributed by atoms with Crippen molar-refractivity contribution in [2.24, 2.45) is 0 Å². The summed E-state index contributed by atoms with van der Waals surface area (Å²) in [5, 5.41) is 12.8. The van der Waals surface area contributed by atoms with E-state index in [2.05, 4.69) is 21.2 Å². The fourth-order valence-corrected chi connectivity index (χ4v) is 2.35. The van der Waals surface area contributed by atoms with Gasteiger partial charge in [-0.3, -0.25) is 0 Å². The van der Waals surface area contributed by atoms with Gasteiger partial charge >= 0.3 is 0 Å². The van der Waals surface area contributed by atoms with Gasteiger partial charge in [-0.1, -0.05) is 6.07 Å². The molecule has 0 bridgehead atoms. The highest BCUT2D eigenvalue weighted by atomic mass is 79.9. The molecular formula is C15H16BrNO3. The number of aromatic hydroxyl groups is 1. The lowest BCUT2D eigenvalue weighted by Crippen LogP contribution is -2.00. The molecule has 0 saturated carbocycles. The van der Waals surface area contributed by atoms with Crippen molar-refractivity contribution in [2.75, 3.05) is 19.5 Å². The Kier molecular flexibility index (Phi) is 4.74. The predicted octanol–water partition coefficient (Wildman–Crippen LogP) is 3.78. The lowest BCUT2D eigenvalue weighted by Gasteiger charge is -2.10. The Morgan fingerprint density at radius 1 is 1.05 bits per heavy atom. The first kappa shape index (κ1) is 14.5. The van der Waals surface area contributed by atoms with Crippen molar-refractivity contribution in [1.29, 1.82) is 0 Å². The molecule has 4 nitrogen and oxygen atoms in total. The molecule has 0 aromatic heterocycles. The first-order valence-electron chi connectivity index (χ1n) is 6.07. The Bertz CT molecular complexity index is 602. The van der Waals surface area contributed by atoms with Crippen LogP contribution in [0.5, 0.6) is 17.2 Å². The molecule has 0 heterocycles. The molecule has 2 rings (SSSR count). The van der Waals surface area contributed by atoms with Gasteiger partial charge in [0.25, 0.3) is 0 Å². The maximum atomic E-state index is 9.55. The standard InChI is InChI=1S/C15H16BrNO3/c1-19-14-6-4-11(8-12(14)16)17-9-10-3-5-13(18)15(7-10)20-2/h3-8,17-18H,9H2,1-2H3. The van der Waals surface area contributed by atoms with Crippen LogP contribution >= 0.6 is 15.9 Å². The van der Waals surface area contributed by atoms with E-state index in [1.807, 2.05) is 24.3 Å². The van der Waals surface area contributed by atoms with Crippen LogP contribution in [0.4, 0.5) is 5.69 Å². The van der Waals surface area contributed by atoms with Crippen molar-refractivity contribution in [3.8, 4) is 17.2 Å². The number of rotatable bonds is 5. The maximum Gasteiger partial charge on any atom is 0.160 e. The minimum absolute atomic E-state index is 0.142. The van der Waals surface area contributed by atoms with Gasteiger partial charge in [0.1, 0.15) is 5.75 Å². The van der Waals surface area contributed by atoms with E-state index in [4.69, 9.17) is 9.47 Å². The van der Waals surface area contributed by atoms with E-state index in [0.29, 0.717) is 12.3 Å². The zero-order chi connectivity index (χ0) is 14.5. The molecule has 0 saturated heterocycles. The number of hydrogen-bond donors (Lipinski definition) is 2. The lowest BCUT2D eigenvalue weighted by molar-refractivity contribution is 0.373. The third-order valence-electron chi connectivity index (χ3n) is 2.89. The van der Waals surface area contributed by atoms with Crippen molar-refractivity contribution in [2.45, 2.75) is 6.54 Å². The van der Waals surface area contributed by atoms with Crippen LogP contribution in [0.3, 0.4) is 0 Å². The highest BCUT2D eigenvalue weighted by molar-refractivity contribution is 9.10. The molecule has 20 heavy (non-hydrogen) atoms. The zero-order valence-corrected chi connectivity index (χ0v) is 12.9. The summed E-state index contributed by atoms with van der Waals surface area (Å²) in [6.45, 7) is 0.634. The zero-order valence-electron chi connectivity index (χ0n) is 11.3. The number of hydrogen-bond acceptors (Lipinski definition) is 4. The van der Waals surface area contributed by atoms with E-state index >= 15 is 0 Å². The molecule has 0 aliphatic carbocycles. The molecular weight excluding hydrogens is 322 g/mol. The van der Waals surface area contributed by atoms with Gasteiger partial charge in [-0.25, -0.2) is 0 Å². The first-order valence-corrected chi connectivity index (χ1v) is 6.86. The average Bonchev–Trinajstić information content (AvgIpc) is 2.46. The average molecular weight is 338 g/mol. The van der Waals surface area contributed by atoms with E-state index < -0.39 is 0 Å². The fourth-order valence-electron chi connectivity index (χ4n) is 1.81. The molecule has 106 valence electrons. The fraction of sp³-hybridized carbons (Fsp3) is 0.200. The van der Waals surface area contributed by atoms with Crippen LogP contribution in [-0.4, -0.2) is 19.3 Å². The molecule has 0 aliphatic heterocycles. The Hall–Kier alpha value is -1.88. The quantitative estimate of drug-likeness (QED) is 0.871. The molecule has 2 N–H and O–H groups in total. The summed E-state index contributed by atoms with van der Waals surface area (Å²) in [5.41, 5.74) is 2.00. The van der Waals surface area contributed by atoms with Crippen LogP contribution in [0.25, 0.3) is 0 Å². The summed E-state index contributed by atoms with van der Waals surface area (Å²) < 4.78 is 11.2. The highest BCUT2D eigenvalue weighted by Crippen LogP contribution is 2.29. The van der Waals surface area contributed by atoms with Crippen molar-refractivity contribution >= 4 is 21.6 Å². The Labute approximate surface area is 126 Å². The topological polar surface area (TPSA) is 50.7 Å². The third kappa shape index (κ3) is 3.36. The van der Waals surface area contributed by atoms with Gasteiger partial charge in [0.2, 0.25) is 0 Å². The van der Waals surface area contributed by atoms with Crippen LogP contribution in [0, 0.1) is 0 Å². The summed E-state index contributed by atoms with van der Waals surface area (Å²) in [7, 11) is 3.17. The predicted molar refractivity (Wildman–Crippen MR) is 82.7 cm³/mol. The van der Waals surface area contributed by atoms with E-state index in [1.54, 1.807) is 19.2 Å². The molecule has 0 amide bonds. The maximum absolute atomic E-state index is 9.55. The third-order valence-corrected chi connectivity index (χ3v) is 3.51. The molecule has 0 atom stereocenters. The molecule has 0 aliphatic rings. The van der Waals surface area contributed by atoms with Crippen molar-refractivity contribution < 1.29 is 14.6 Å². The van der Waals surface area contributed by atoms with Crippen molar-refractivity contribution in [3.05, 3.63) is 46.4 Å². The summed E-state index contributed by atoms with van der Waals surface area (Å²) in [4.78, 5) is 0. The lowest BCUT2D eigenvalue weighted by atomic mass is 10.2. The number of halogens is 1. The van der Waals surface area contributed by atoms with Gasteiger partial charge in [0.15, 0.2) is 11.5 Å². The molecule has 2 aromatic carbocycles. The molecule has 2 aromatic rings. The molecule has 0 spiro atoms. The summed E-state index contributed by atoms with van der Waals surface area (Å²) in [6.07, 6.45) is 0. The summed E-state index contributed by atoms with van der Waals surface area (Å²) >= 11 is 3.45. The number of nitrogens with one attached hydrogen (secondary N) is 1. The number of phenolic OH excluding ortho intramolecular Hbond substituents is 1. The van der Waals surface area contributed by atoms with Gasteiger partial charge in [0.05, 0.1) is 18.7 Å². The normalized spacial score (nSPS) is 10.2. The van der Waals surface area contributed by atoms with Crippen LogP contribution < -0.4 is 14.8 Å². The van der Waals surface area contributed by atoms with Crippen molar-refractivity contribution in [3.63, 3.8) is 0 Å². The minimum Gasteiger partial charge on any atom is -0.504 e. The monoisotopic (exact) mass is 337 g/mol. The number of benzene rings is 2. The number of phenols is 1. The van der Waals surface area contributed by atoms with Gasteiger partial charge in [-0.2, -0.15) is 0 Å². The van der Waals surface area contributed by atoms with E-state index in [1.165, 1.54) is 7.11 Å². The second-order valence-electron chi connectivity index (χ2n) is 4.21. The Morgan fingerprint density at radius 3 is 2.45 bits per heavy atom. The summed E-state index contributed by atoms with van der Waals surface area (Å²) in [5.74, 6) is 1.41.